The first kappa shape index (κ1) is 25.1. The van der Waals surface area contributed by atoms with Crippen molar-refractivity contribution in [2.24, 2.45) is 5.92 Å². The van der Waals surface area contributed by atoms with E-state index >= 15 is 0 Å². The van der Waals surface area contributed by atoms with E-state index < -0.39 is 36.6 Å². The van der Waals surface area contributed by atoms with E-state index in [0.717, 1.165) is 61.8 Å². The van der Waals surface area contributed by atoms with Crippen LogP contribution < -0.4 is 5.32 Å². The summed E-state index contributed by atoms with van der Waals surface area (Å²) < 4.78 is 18.5. The molecule has 0 radical (unpaired) electrons. The van der Waals surface area contributed by atoms with Gasteiger partial charge in [0.2, 0.25) is 0 Å². The van der Waals surface area contributed by atoms with Gasteiger partial charge in [-0.1, -0.05) is 51.2 Å². The Morgan fingerprint density at radius 3 is 2.46 bits per heavy atom. The van der Waals surface area contributed by atoms with Crippen molar-refractivity contribution in [2.45, 2.75) is 82.8 Å². The third-order valence-corrected chi connectivity index (χ3v) is 7.75. The minimum Gasteiger partial charge on any atom is -0.454 e. The Morgan fingerprint density at radius 2 is 1.77 bits per heavy atom. The molecular weight excluding hydrogens is 453 g/mol. The number of ether oxygens (including phenoxy) is 1. The van der Waals surface area contributed by atoms with Gasteiger partial charge in [0.25, 0.3) is 11.8 Å². The van der Waals surface area contributed by atoms with E-state index in [1.54, 1.807) is 17.0 Å². The number of esters is 1. The van der Waals surface area contributed by atoms with E-state index in [4.69, 9.17) is 4.74 Å². The van der Waals surface area contributed by atoms with Gasteiger partial charge in [-0.2, -0.15) is 0 Å². The van der Waals surface area contributed by atoms with Crippen molar-refractivity contribution < 1.29 is 28.3 Å². The van der Waals surface area contributed by atoms with Crippen molar-refractivity contribution in [2.75, 3.05) is 13.2 Å². The Bertz CT molecular complexity index is 962. The predicted molar refractivity (Wildman–Crippen MR) is 125 cm³/mol. The molecule has 1 aliphatic heterocycles. The Morgan fingerprint density at radius 1 is 1.09 bits per heavy atom. The van der Waals surface area contributed by atoms with Crippen molar-refractivity contribution in [1.82, 2.24) is 15.1 Å². The Hall–Kier alpha value is -2.97. The number of urea groups is 1. The third-order valence-electron chi connectivity index (χ3n) is 7.75. The van der Waals surface area contributed by atoms with E-state index in [9.17, 15) is 23.6 Å². The van der Waals surface area contributed by atoms with Crippen LogP contribution in [-0.4, -0.2) is 58.3 Å². The molecule has 0 bridgehead atoms. The quantitative estimate of drug-likeness (QED) is 0.469. The normalized spacial score (nSPS) is 25.0. The smallest absolute Gasteiger partial charge is 0.326 e. The average Bonchev–Trinajstić information content (AvgIpc) is 3.09. The summed E-state index contributed by atoms with van der Waals surface area (Å²) in [5.41, 5.74) is -0.152. The lowest BCUT2D eigenvalue weighted by molar-refractivity contribution is -0.155. The van der Waals surface area contributed by atoms with E-state index in [1.165, 1.54) is 12.1 Å². The van der Waals surface area contributed by atoms with E-state index in [1.807, 2.05) is 6.92 Å². The maximum absolute atomic E-state index is 13.3. The van der Waals surface area contributed by atoms with Crippen molar-refractivity contribution >= 4 is 23.8 Å². The number of halogens is 1. The average molecular weight is 488 g/mol. The Kier molecular flexibility index (Phi) is 7.72. The van der Waals surface area contributed by atoms with Crippen LogP contribution in [0, 0.1) is 11.7 Å². The molecule has 1 aromatic carbocycles. The number of carbonyl (C=O) groups is 4. The molecule has 1 saturated heterocycles. The van der Waals surface area contributed by atoms with Crippen LogP contribution in [0.1, 0.15) is 70.3 Å². The van der Waals surface area contributed by atoms with Crippen molar-refractivity contribution in [3.8, 4) is 0 Å². The van der Waals surface area contributed by atoms with E-state index in [0.29, 0.717) is 13.0 Å². The van der Waals surface area contributed by atoms with Gasteiger partial charge in [0, 0.05) is 12.6 Å². The number of nitrogens with zero attached hydrogens (tertiary/aromatic N) is 2. The maximum Gasteiger partial charge on any atom is 0.326 e. The van der Waals surface area contributed by atoms with Gasteiger partial charge in [-0.05, 0) is 49.3 Å². The van der Waals surface area contributed by atoms with E-state index in [-0.39, 0.29) is 23.7 Å². The van der Waals surface area contributed by atoms with Crippen LogP contribution in [0.2, 0.25) is 0 Å². The molecule has 8 nitrogen and oxygen atoms in total. The summed E-state index contributed by atoms with van der Waals surface area (Å²) in [6.07, 6.45) is 8.13. The molecule has 190 valence electrons. The monoisotopic (exact) mass is 487 g/mol. The highest BCUT2D eigenvalue weighted by Crippen LogP contribution is 2.38. The first-order valence-corrected chi connectivity index (χ1v) is 12.6. The lowest BCUT2D eigenvalue weighted by Gasteiger charge is -2.36. The molecule has 1 spiro atoms. The minimum absolute atomic E-state index is 0.00851. The van der Waals surface area contributed by atoms with Crippen LogP contribution in [0.5, 0.6) is 0 Å². The molecule has 0 aromatic heterocycles. The lowest BCUT2D eigenvalue weighted by atomic mass is 9.73. The summed E-state index contributed by atoms with van der Waals surface area (Å²) in [5.74, 6) is -1.89. The summed E-state index contributed by atoms with van der Waals surface area (Å²) >= 11 is 0. The van der Waals surface area contributed by atoms with Crippen LogP contribution in [-0.2, 0) is 25.7 Å². The molecule has 2 aliphatic carbocycles. The number of hydrogen-bond acceptors (Lipinski definition) is 5. The molecule has 2 saturated carbocycles. The summed E-state index contributed by atoms with van der Waals surface area (Å²) in [5, 5.41) is 2.81. The summed E-state index contributed by atoms with van der Waals surface area (Å²) in [7, 11) is 0. The topological polar surface area (TPSA) is 96.0 Å². The second-order valence-electron chi connectivity index (χ2n) is 10.0. The molecule has 3 aliphatic rings. The second-order valence-corrected chi connectivity index (χ2v) is 10.0. The van der Waals surface area contributed by atoms with Crippen molar-refractivity contribution in [1.29, 1.82) is 0 Å². The molecule has 1 heterocycles. The summed E-state index contributed by atoms with van der Waals surface area (Å²) in [4.78, 5) is 53.8. The zero-order valence-corrected chi connectivity index (χ0v) is 20.3. The van der Waals surface area contributed by atoms with Crippen LogP contribution >= 0.6 is 0 Å². The molecule has 1 aromatic rings. The van der Waals surface area contributed by atoms with E-state index in [2.05, 4.69) is 5.32 Å². The predicted octanol–water partition coefficient (Wildman–Crippen LogP) is 3.53. The molecule has 2 unspecified atom stereocenters. The first-order chi connectivity index (χ1) is 16.8. The molecule has 9 heteroatoms. The number of benzene rings is 1. The molecular formula is C26H34FN3O5. The van der Waals surface area contributed by atoms with Gasteiger partial charge in [-0.15, -0.1) is 0 Å². The fourth-order valence-corrected chi connectivity index (χ4v) is 5.64. The van der Waals surface area contributed by atoms with Crippen LogP contribution in [0.15, 0.2) is 24.3 Å². The lowest BCUT2D eigenvalue weighted by Crippen LogP contribution is -2.54. The standard InChI is InChI=1S/C26H34FN3O5/c1-18-7-5-6-14-26(18)24(33)30(25(34)28-26)16-23(32)35-17-22(31)29(21-8-3-2-4-9-21)15-19-10-12-20(27)13-11-19/h10-13,18,21H,2-9,14-17H2,1H3,(H,28,34). The minimum atomic E-state index is -0.946. The summed E-state index contributed by atoms with van der Waals surface area (Å²) in [6.45, 7) is 1.25. The fourth-order valence-electron chi connectivity index (χ4n) is 5.64. The van der Waals surface area contributed by atoms with Gasteiger partial charge in [-0.3, -0.25) is 19.3 Å². The third kappa shape index (κ3) is 5.49. The van der Waals surface area contributed by atoms with Gasteiger partial charge in [0.1, 0.15) is 17.9 Å². The highest BCUT2D eigenvalue weighted by Gasteiger charge is 2.55. The molecule has 1 N–H and O–H groups in total. The number of hydrogen-bond donors (Lipinski definition) is 1. The highest BCUT2D eigenvalue weighted by molar-refractivity contribution is 6.09. The number of amides is 4. The first-order valence-electron chi connectivity index (χ1n) is 12.6. The second kappa shape index (κ2) is 10.7. The number of nitrogens with one attached hydrogen (secondary N) is 1. The number of rotatable bonds is 7. The van der Waals surface area contributed by atoms with Crippen molar-refractivity contribution in [3.63, 3.8) is 0 Å². The molecule has 4 rings (SSSR count). The van der Waals surface area contributed by atoms with Gasteiger partial charge < -0.3 is 15.0 Å². The Balaban J connectivity index is 1.36. The zero-order chi connectivity index (χ0) is 25.0. The van der Waals surface area contributed by atoms with Crippen LogP contribution in [0.3, 0.4) is 0 Å². The Labute approximate surface area is 205 Å². The van der Waals surface area contributed by atoms with Gasteiger partial charge >= 0.3 is 12.0 Å². The van der Waals surface area contributed by atoms with Gasteiger partial charge in [0.15, 0.2) is 6.61 Å². The fraction of sp³-hybridized carbons (Fsp3) is 0.615. The van der Waals surface area contributed by atoms with Crippen LogP contribution in [0.4, 0.5) is 9.18 Å². The largest absolute Gasteiger partial charge is 0.454 e. The number of imide groups is 1. The zero-order valence-electron chi connectivity index (χ0n) is 20.3. The molecule has 35 heavy (non-hydrogen) atoms. The molecule has 4 amide bonds. The summed E-state index contributed by atoms with van der Waals surface area (Å²) in [6, 6.07) is 5.44. The molecule has 2 atom stereocenters. The van der Waals surface area contributed by atoms with Crippen LogP contribution in [0.25, 0.3) is 0 Å². The highest BCUT2D eigenvalue weighted by atomic mass is 19.1. The van der Waals surface area contributed by atoms with Crippen molar-refractivity contribution in [3.05, 3.63) is 35.6 Å². The SMILES string of the molecule is CC1CCCCC12NC(=O)N(CC(=O)OCC(=O)N(Cc1ccc(F)cc1)C1CCCCC1)C2=O. The number of carbonyl (C=O) groups excluding carboxylic acids is 4. The molecule has 3 fully saturated rings. The van der Waals surface area contributed by atoms with Gasteiger partial charge in [-0.25, -0.2) is 9.18 Å². The maximum atomic E-state index is 13.3. The van der Waals surface area contributed by atoms with Gasteiger partial charge in [0.05, 0.1) is 0 Å².